The lowest BCUT2D eigenvalue weighted by Crippen LogP contribution is -2.41. The van der Waals surface area contributed by atoms with Crippen LogP contribution < -0.4 is 4.90 Å². The summed E-state index contributed by atoms with van der Waals surface area (Å²) in [5, 5.41) is 1.84. The number of esters is 1. The van der Waals surface area contributed by atoms with Gasteiger partial charge in [0.1, 0.15) is 6.54 Å². The van der Waals surface area contributed by atoms with Gasteiger partial charge in [0, 0.05) is 18.0 Å². The minimum atomic E-state index is -4.43. The monoisotopic (exact) mass is 427 g/mol. The van der Waals surface area contributed by atoms with E-state index in [2.05, 4.69) is 0 Å². The van der Waals surface area contributed by atoms with E-state index in [9.17, 15) is 22.8 Å². The molecular weight excluding hydrogens is 407 g/mol. The molecule has 1 heterocycles. The van der Waals surface area contributed by atoms with Gasteiger partial charge in [0.25, 0.3) is 0 Å². The van der Waals surface area contributed by atoms with Crippen LogP contribution in [-0.4, -0.2) is 25.0 Å². The van der Waals surface area contributed by atoms with Gasteiger partial charge in [-0.05, 0) is 47.0 Å². The van der Waals surface area contributed by atoms with E-state index in [1.807, 2.05) is 30.3 Å². The third-order valence-corrected chi connectivity index (χ3v) is 5.50. The Balaban J connectivity index is 1.84. The number of rotatable bonds is 4. The van der Waals surface area contributed by atoms with E-state index in [1.54, 1.807) is 13.0 Å². The van der Waals surface area contributed by atoms with Crippen LogP contribution >= 0.6 is 0 Å². The van der Waals surface area contributed by atoms with Gasteiger partial charge in [0.05, 0.1) is 12.2 Å². The van der Waals surface area contributed by atoms with E-state index >= 15 is 0 Å². The summed E-state index contributed by atoms with van der Waals surface area (Å²) in [6.45, 7) is 1.69. The second-order valence-corrected chi connectivity index (χ2v) is 7.38. The molecule has 1 amide bonds. The Morgan fingerprint density at radius 1 is 1.06 bits per heavy atom. The quantitative estimate of drug-likeness (QED) is 0.532. The van der Waals surface area contributed by atoms with Crippen molar-refractivity contribution in [3.05, 3.63) is 77.4 Å². The van der Waals surface area contributed by atoms with Gasteiger partial charge in [0.15, 0.2) is 0 Å². The molecule has 0 aromatic heterocycles. The molecule has 1 atom stereocenters. The van der Waals surface area contributed by atoms with Gasteiger partial charge in [0.2, 0.25) is 5.91 Å². The highest BCUT2D eigenvalue weighted by atomic mass is 19.4. The first-order chi connectivity index (χ1) is 14.8. The molecule has 0 radical (unpaired) electrons. The second kappa shape index (κ2) is 8.06. The number of fused-ring (bicyclic) bond motifs is 3. The molecule has 0 bridgehead atoms. The first-order valence-electron chi connectivity index (χ1n) is 9.94. The van der Waals surface area contributed by atoms with Crippen molar-refractivity contribution in [2.45, 2.75) is 25.4 Å². The maximum atomic E-state index is 13.0. The average molecular weight is 427 g/mol. The second-order valence-electron chi connectivity index (χ2n) is 7.38. The number of anilines is 1. The summed E-state index contributed by atoms with van der Waals surface area (Å²) in [6.07, 6.45) is -4.38. The first kappa shape index (κ1) is 20.9. The number of halogens is 3. The molecule has 0 spiro atoms. The molecule has 7 heteroatoms. The third kappa shape index (κ3) is 4.00. The highest BCUT2D eigenvalue weighted by Gasteiger charge is 2.36. The highest BCUT2D eigenvalue weighted by molar-refractivity contribution is 6.05. The Kier molecular flexibility index (Phi) is 5.43. The Morgan fingerprint density at radius 3 is 2.45 bits per heavy atom. The molecule has 1 unspecified atom stereocenters. The number of hydrogen-bond acceptors (Lipinski definition) is 3. The molecule has 3 aromatic rings. The first-order valence-corrected chi connectivity index (χ1v) is 9.94. The number of nitrogens with zero attached hydrogens (tertiary/aromatic N) is 1. The minimum absolute atomic E-state index is 0.0474. The SMILES string of the molecule is CCOC(=O)CN1C(=O)CC(c2ccc(C(F)(F)F)cc2)c2c1ccc1ccccc21. The largest absolute Gasteiger partial charge is 0.465 e. The summed E-state index contributed by atoms with van der Waals surface area (Å²) in [4.78, 5) is 26.5. The van der Waals surface area contributed by atoms with E-state index in [0.29, 0.717) is 11.3 Å². The third-order valence-electron chi connectivity index (χ3n) is 5.50. The van der Waals surface area contributed by atoms with Gasteiger partial charge in [-0.1, -0.05) is 42.5 Å². The molecule has 0 fully saturated rings. The van der Waals surface area contributed by atoms with Crippen LogP contribution in [-0.2, 0) is 20.5 Å². The highest BCUT2D eigenvalue weighted by Crippen LogP contribution is 2.44. The average Bonchev–Trinajstić information content (AvgIpc) is 2.74. The van der Waals surface area contributed by atoms with Crippen LogP contribution in [0.5, 0.6) is 0 Å². The number of hydrogen-bond donors (Lipinski definition) is 0. The van der Waals surface area contributed by atoms with Gasteiger partial charge >= 0.3 is 12.1 Å². The van der Waals surface area contributed by atoms with E-state index in [-0.39, 0.29) is 25.5 Å². The molecule has 4 rings (SSSR count). The number of amides is 1. The summed E-state index contributed by atoms with van der Waals surface area (Å²) in [7, 11) is 0. The molecule has 3 aromatic carbocycles. The fourth-order valence-corrected chi connectivity index (χ4v) is 4.10. The van der Waals surface area contributed by atoms with Gasteiger partial charge < -0.3 is 9.64 Å². The normalized spacial score (nSPS) is 16.3. The van der Waals surface area contributed by atoms with Crippen molar-refractivity contribution in [3.8, 4) is 0 Å². The molecule has 0 saturated carbocycles. The summed E-state index contributed by atoms with van der Waals surface area (Å²) in [5.41, 5.74) is 1.28. The Morgan fingerprint density at radius 2 is 1.77 bits per heavy atom. The molecule has 1 aliphatic rings. The molecular formula is C24H20F3NO3. The lowest BCUT2D eigenvalue weighted by Gasteiger charge is -2.35. The number of ether oxygens (including phenoxy) is 1. The van der Waals surface area contributed by atoms with Gasteiger partial charge in [-0.2, -0.15) is 13.2 Å². The smallest absolute Gasteiger partial charge is 0.416 e. The Bertz CT molecular complexity index is 1140. The van der Waals surface area contributed by atoms with Gasteiger partial charge in [-0.15, -0.1) is 0 Å². The summed E-state index contributed by atoms with van der Waals surface area (Å²) >= 11 is 0. The maximum Gasteiger partial charge on any atom is 0.416 e. The molecule has 31 heavy (non-hydrogen) atoms. The van der Waals surface area contributed by atoms with Crippen LogP contribution in [0.15, 0.2) is 60.7 Å². The van der Waals surface area contributed by atoms with Crippen LogP contribution in [0.1, 0.15) is 36.0 Å². The predicted molar refractivity (Wildman–Crippen MR) is 111 cm³/mol. The standard InChI is InChI=1S/C24H20F3NO3/c1-2-31-22(30)14-28-20-12-9-15-5-3-4-6-18(15)23(20)19(13-21(28)29)16-7-10-17(11-8-16)24(25,26)27/h3-12,19H,2,13-14H2,1H3. The summed E-state index contributed by atoms with van der Waals surface area (Å²) in [6, 6.07) is 16.2. The van der Waals surface area contributed by atoms with Crippen LogP contribution in [0.25, 0.3) is 10.8 Å². The number of alkyl halides is 3. The maximum absolute atomic E-state index is 13.0. The topological polar surface area (TPSA) is 46.6 Å². The summed E-state index contributed by atoms with van der Waals surface area (Å²) in [5.74, 6) is -1.21. The van der Waals surface area contributed by atoms with Crippen molar-refractivity contribution in [2.75, 3.05) is 18.1 Å². The fourth-order valence-electron chi connectivity index (χ4n) is 4.10. The predicted octanol–water partition coefficient (Wildman–Crippen LogP) is 5.29. The van der Waals surface area contributed by atoms with Crippen molar-refractivity contribution >= 4 is 28.3 Å². The van der Waals surface area contributed by atoms with Crippen molar-refractivity contribution in [1.29, 1.82) is 0 Å². The van der Waals surface area contributed by atoms with Crippen LogP contribution in [0, 0.1) is 0 Å². The lowest BCUT2D eigenvalue weighted by atomic mass is 9.81. The van der Waals surface area contributed by atoms with E-state index < -0.39 is 23.6 Å². The number of benzene rings is 3. The number of carbonyl (C=O) groups excluding carboxylic acids is 2. The summed E-state index contributed by atoms with van der Waals surface area (Å²) < 4.78 is 44.0. The molecule has 160 valence electrons. The minimum Gasteiger partial charge on any atom is -0.465 e. The van der Waals surface area contributed by atoms with Crippen molar-refractivity contribution in [3.63, 3.8) is 0 Å². The van der Waals surface area contributed by atoms with Crippen molar-refractivity contribution < 1.29 is 27.5 Å². The van der Waals surface area contributed by atoms with Crippen LogP contribution in [0.2, 0.25) is 0 Å². The fraction of sp³-hybridized carbons (Fsp3) is 0.250. The van der Waals surface area contributed by atoms with Crippen molar-refractivity contribution in [1.82, 2.24) is 0 Å². The van der Waals surface area contributed by atoms with Gasteiger partial charge in [-0.25, -0.2) is 0 Å². The van der Waals surface area contributed by atoms with Crippen LogP contribution in [0.3, 0.4) is 0 Å². The lowest BCUT2D eigenvalue weighted by molar-refractivity contribution is -0.142. The molecule has 4 nitrogen and oxygen atoms in total. The van der Waals surface area contributed by atoms with Gasteiger partial charge in [-0.3, -0.25) is 9.59 Å². The van der Waals surface area contributed by atoms with E-state index in [0.717, 1.165) is 28.5 Å². The zero-order valence-corrected chi connectivity index (χ0v) is 16.8. The Labute approximate surface area is 177 Å². The van der Waals surface area contributed by atoms with Crippen LogP contribution in [0.4, 0.5) is 18.9 Å². The van der Waals surface area contributed by atoms with Crippen molar-refractivity contribution in [2.24, 2.45) is 0 Å². The zero-order valence-electron chi connectivity index (χ0n) is 16.8. The zero-order chi connectivity index (χ0) is 22.2. The molecule has 0 N–H and O–H groups in total. The molecule has 1 aliphatic heterocycles. The van der Waals surface area contributed by atoms with E-state index in [1.165, 1.54) is 17.0 Å². The number of carbonyl (C=O) groups is 2. The van der Waals surface area contributed by atoms with E-state index in [4.69, 9.17) is 4.74 Å². The molecule has 0 aliphatic carbocycles. The Hall–Kier alpha value is -3.35. The molecule has 0 saturated heterocycles.